The van der Waals surface area contributed by atoms with Gasteiger partial charge in [0.2, 0.25) is 5.95 Å². The minimum Gasteiger partial charge on any atom is -0.354 e. The molecular weight excluding hydrogens is 246 g/mol. The maximum absolute atomic E-state index is 5.84. The van der Waals surface area contributed by atoms with Gasteiger partial charge in [0, 0.05) is 23.0 Å². The van der Waals surface area contributed by atoms with Crippen LogP contribution in [0.2, 0.25) is 5.02 Å². The Morgan fingerprint density at radius 2 is 1.67 bits per heavy atom. The molecule has 0 saturated carbocycles. The van der Waals surface area contributed by atoms with E-state index in [0.717, 1.165) is 29.4 Å². The average Bonchev–Trinajstić information content (AvgIpc) is 2.30. The van der Waals surface area contributed by atoms with Gasteiger partial charge in [-0.3, -0.25) is 0 Å². The number of anilines is 1. The number of nitrogens with zero attached hydrogens (tertiary/aromatic N) is 2. The van der Waals surface area contributed by atoms with Crippen molar-refractivity contribution in [3.8, 4) is 0 Å². The van der Waals surface area contributed by atoms with Crippen LogP contribution < -0.4 is 5.32 Å². The van der Waals surface area contributed by atoms with Crippen molar-refractivity contribution in [3.63, 3.8) is 0 Å². The Morgan fingerprint density at radius 1 is 1.06 bits per heavy atom. The lowest BCUT2D eigenvalue weighted by Gasteiger charge is -2.06. The van der Waals surface area contributed by atoms with Crippen molar-refractivity contribution in [1.82, 2.24) is 9.97 Å². The Morgan fingerprint density at radius 3 is 2.28 bits per heavy atom. The van der Waals surface area contributed by atoms with Crippen molar-refractivity contribution in [2.24, 2.45) is 0 Å². The van der Waals surface area contributed by atoms with Gasteiger partial charge in [-0.25, -0.2) is 9.97 Å². The lowest BCUT2D eigenvalue weighted by Crippen LogP contribution is -2.09. The highest BCUT2D eigenvalue weighted by atomic mass is 35.5. The van der Waals surface area contributed by atoms with Gasteiger partial charge in [0.1, 0.15) is 0 Å². The molecule has 0 amide bonds. The predicted octanol–water partition coefficient (Wildman–Crippen LogP) is 3.40. The van der Waals surface area contributed by atoms with Crippen LogP contribution in [0.1, 0.15) is 17.0 Å². The molecule has 1 aromatic heterocycles. The van der Waals surface area contributed by atoms with E-state index in [1.54, 1.807) is 0 Å². The number of nitrogens with one attached hydrogen (secondary N) is 1. The molecule has 18 heavy (non-hydrogen) atoms. The molecule has 2 rings (SSSR count). The van der Waals surface area contributed by atoms with Crippen LogP contribution in [0.5, 0.6) is 0 Å². The summed E-state index contributed by atoms with van der Waals surface area (Å²) < 4.78 is 0. The van der Waals surface area contributed by atoms with Gasteiger partial charge in [0.25, 0.3) is 0 Å². The molecule has 0 bridgehead atoms. The van der Waals surface area contributed by atoms with E-state index in [0.29, 0.717) is 5.95 Å². The molecule has 2 aromatic rings. The van der Waals surface area contributed by atoms with Crippen LogP contribution in [-0.4, -0.2) is 16.5 Å². The highest BCUT2D eigenvalue weighted by molar-refractivity contribution is 6.30. The van der Waals surface area contributed by atoms with Gasteiger partial charge in [0.05, 0.1) is 0 Å². The summed E-state index contributed by atoms with van der Waals surface area (Å²) in [4.78, 5) is 8.67. The molecule has 0 unspecified atom stereocenters. The maximum atomic E-state index is 5.84. The van der Waals surface area contributed by atoms with E-state index in [2.05, 4.69) is 15.3 Å². The zero-order chi connectivity index (χ0) is 13.0. The standard InChI is InChI=1S/C14H16ClN3/c1-10-9-11(2)18-14(17-10)16-8-7-12-3-5-13(15)6-4-12/h3-6,9H,7-8H2,1-2H3,(H,16,17,18). The number of benzene rings is 1. The first-order chi connectivity index (χ1) is 8.63. The SMILES string of the molecule is Cc1cc(C)nc(NCCc2ccc(Cl)cc2)n1. The summed E-state index contributed by atoms with van der Waals surface area (Å²) in [6, 6.07) is 9.84. The van der Waals surface area contributed by atoms with Crippen molar-refractivity contribution < 1.29 is 0 Å². The highest BCUT2D eigenvalue weighted by Crippen LogP contribution is 2.10. The predicted molar refractivity (Wildman–Crippen MR) is 75.2 cm³/mol. The number of aryl methyl sites for hydroxylation is 2. The van der Waals surface area contributed by atoms with E-state index in [4.69, 9.17) is 11.6 Å². The van der Waals surface area contributed by atoms with Crippen molar-refractivity contribution in [2.75, 3.05) is 11.9 Å². The molecule has 0 saturated heterocycles. The zero-order valence-corrected chi connectivity index (χ0v) is 11.3. The van der Waals surface area contributed by atoms with Crippen LogP contribution in [0.25, 0.3) is 0 Å². The molecule has 3 nitrogen and oxygen atoms in total. The second-order valence-corrected chi connectivity index (χ2v) is 4.71. The summed E-state index contributed by atoms with van der Waals surface area (Å²) in [6.07, 6.45) is 0.924. The number of hydrogen-bond acceptors (Lipinski definition) is 3. The van der Waals surface area contributed by atoms with Crippen molar-refractivity contribution in [1.29, 1.82) is 0 Å². The van der Waals surface area contributed by atoms with E-state index >= 15 is 0 Å². The van der Waals surface area contributed by atoms with E-state index in [-0.39, 0.29) is 0 Å². The van der Waals surface area contributed by atoms with E-state index in [1.807, 2.05) is 44.2 Å². The van der Waals surface area contributed by atoms with Crippen LogP contribution in [0.3, 0.4) is 0 Å². The third-order valence-corrected chi connectivity index (χ3v) is 2.84. The minimum absolute atomic E-state index is 0.696. The Labute approximate surface area is 112 Å². The van der Waals surface area contributed by atoms with Crippen molar-refractivity contribution >= 4 is 17.5 Å². The zero-order valence-electron chi connectivity index (χ0n) is 10.6. The van der Waals surface area contributed by atoms with Gasteiger partial charge >= 0.3 is 0 Å². The van der Waals surface area contributed by atoms with Crippen LogP contribution >= 0.6 is 11.6 Å². The lowest BCUT2D eigenvalue weighted by atomic mass is 10.1. The summed E-state index contributed by atoms with van der Waals surface area (Å²) >= 11 is 5.84. The largest absolute Gasteiger partial charge is 0.354 e. The molecule has 1 N–H and O–H groups in total. The van der Waals surface area contributed by atoms with E-state index < -0.39 is 0 Å². The second-order valence-electron chi connectivity index (χ2n) is 4.28. The number of halogens is 1. The van der Waals surface area contributed by atoms with Crippen LogP contribution in [-0.2, 0) is 6.42 Å². The summed E-state index contributed by atoms with van der Waals surface area (Å²) in [7, 11) is 0. The molecule has 0 atom stereocenters. The Hall–Kier alpha value is -1.61. The highest BCUT2D eigenvalue weighted by Gasteiger charge is 1.99. The van der Waals surface area contributed by atoms with Gasteiger partial charge in [-0.2, -0.15) is 0 Å². The molecule has 0 aliphatic rings. The van der Waals surface area contributed by atoms with Crippen LogP contribution in [0.15, 0.2) is 30.3 Å². The molecule has 0 aliphatic carbocycles. The Kier molecular flexibility index (Phi) is 4.15. The number of rotatable bonds is 4. The molecule has 0 aliphatic heterocycles. The molecule has 0 radical (unpaired) electrons. The molecule has 0 fully saturated rings. The maximum Gasteiger partial charge on any atom is 0.223 e. The van der Waals surface area contributed by atoms with Gasteiger partial charge in [-0.1, -0.05) is 23.7 Å². The molecule has 0 spiro atoms. The van der Waals surface area contributed by atoms with Crippen LogP contribution in [0.4, 0.5) is 5.95 Å². The lowest BCUT2D eigenvalue weighted by molar-refractivity contribution is 0.963. The van der Waals surface area contributed by atoms with E-state index in [9.17, 15) is 0 Å². The monoisotopic (exact) mass is 261 g/mol. The van der Waals surface area contributed by atoms with Crippen molar-refractivity contribution in [3.05, 3.63) is 52.3 Å². The second kappa shape index (κ2) is 5.83. The number of hydrogen-bond donors (Lipinski definition) is 1. The van der Waals surface area contributed by atoms with Crippen LogP contribution in [0, 0.1) is 13.8 Å². The smallest absolute Gasteiger partial charge is 0.223 e. The number of aromatic nitrogens is 2. The minimum atomic E-state index is 0.696. The molecular formula is C14H16ClN3. The normalized spacial score (nSPS) is 10.4. The van der Waals surface area contributed by atoms with Crippen molar-refractivity contribution in [2.45, 2.75) is 20.3 Å². The van der Waals surface area contributed by atoms with Gasteiger partial charge in [-0.05, 0) is 44.0 Å². The quantitative estimate of drug-likeness (QED) is 0.917. The molecule has 94 valence electrons. The molecule has 1 aromatic carbocycles. The third-order valence-electron chi connectivity index (χ3n) is 2.59. The first kappa shape index (κ1) is 12.8. The topological polar surface area (TPSA) is 37.8 Å². The fourth-order valence-electron chi connectivity index (χ4n) is 1.77. The fraction of sp³-hybridized carbons (Fsp3) is 0.286. The summed E-state index contributed by atoms with van der Waals surface area (Å²) in [5.74, 6) is 0.696. The molecule has 1 heterocycles. The third kappa shape index (κ3) is 3.70. The molecule has 4 heteroatoms. The van der Waals surface area contributed by atoms with E-state index in [1.165, 1.54) is 5.56 Å². The van der Waals surface area contributed by atoms with Gasteiger partial charge in [0.15, 0.2) is 0 Å². The fourth-order valence-corrected chi connectivity index (χ4v) is 1.90. The summed E-state index contributed by atoms with van der Waals surface area (Å²) in [5, 5.41) is 4.00. The first-order valence-electron chi connectivity index (χ1n) is 5.94. The summed E-state index contributed by atoms with van der Waals surface area (Å²) in [5.41, 5.74) is 3.21. The summed E-state index contributed by atoms with van der Waals surface area (Å²) in [6.45, 7) is 4.75. The Balaban J connectivity index is 1.90. The van der Waals surface area contributed by atoms with Gasteiger partial charge in [-0.15, -0.1) is 0 Å². The Bertz CT molecular complexity index is 503. The first-order valence-corrected chi connectivity index (χ1v) is 6.32. The van der Waals surface area contributed by atoms with Gasteiger partial charge < -0.3 is 5.32 Å². The average molecular weight is 262 g/mol.